The number of hydrogen-bond acceptors (Lipinski definition) is 4. The van der Waals surface area contributed by atoms with Crippen LogP contribution < -0.4 is 37.2 Å². The van der Waals surface area contributed by atoms with Gasteiger partial charge in [0.2, 0.25) is 0 Å². The molecule has 0 aromatic carbocycles. The Morgan fingerprint density at radius 3 is 0.714 bits per heavy atom. The first-order valence-electron chi connectivity index (χ1n) is 3.79. The molecule has 0 atom stereocenters. The van der Waals surface area contributed by atoms with Crippen molar-refractivity contribution in [3.63, 3.8) is 0 Å². The number of halogens is 3. The van der Waals surface area contributed by atoms with Crippen LogP contribution in [-0.4, -0.2) is 59.6 Å². The summed E-state index contributed by atoms with van der Waals surface area (Å²) in [6.07, 6.45) is 0. The molecule has 4 bridgehead atoms. The number of nitrogens with zero attached hydrogens (tertiary/aromatic N) is 4. The zero-order chi connectivity index (χ0) is 6.55. The summed E-state index contributed by atoms with van der Waals surface area (Å²) in [5, 5.41) is 0. The van der Waals surface area contributed by atoms with Crippen LogP contribution in [0.3, 0.4) is 0 Å². The van der Waals surface area contributed by atoms with Gasteiger partial charge in [0.25, 0.3) is 0 Å². The van der Waals surface area contributed by atoms with Crippen molar-refractivity contribution in [3.05, 3.63) is 0 Å². The summed E-state index contributed by atoms with van der Waals surface area (Å²) in [5.41, 5.74) is 0. The van der Waals surface area contributed by atoms with Gasteiger partial charge in [-0.15, -0.1) is 0 Å². The van der Waals surface area contributed by atoms with Gasteiger partial charge in [-0.25, -0.2) is 0 Å². The summed E-state index contributed by atoms with van der Waals surface area (Å²) in [5.74, 6) is 0. The maximum atomic E-state index is 2.47. The Labute approximate surface area is 113 Å². The molecule has 0 amide bonds. The minimum Gasteiger partial charge on any atom is -1.00 e. The Hall–Kier alpha value is 1.22. The summed E-state index contributed by atoms with van der Waals surface area (Å²) >= 11 is 0. The van der Waals surface area contributed by atoms with Gasteiger partial charge in [-0.05, 0) is 0 Å². The van der Waals surface area contributed by atoms with Crippen molar-refractivity contribution in [2.24, 2.45) is 0 Å². The van der Waals surface area contributed by atoms with Gasteiger partial charge < -0.3 is 37.2 Å². The quantitative estimate of drug-likeness (QED) is 0.441. The maximum absolute atomic E-state index is 2.47. The van der Waals surface area contributed by atoms with Crippen molar-refractivity contribution in [3.8, 4) is 0 Å². The largest absolute Gasteiger partial charge is 3.00 e. The minimum absolute atomic E-state index is 0. The van der Waals surface area contributed by atoms with E-state index < -0.39 is 0 Å². The topological polar surface area (TPSA) is 13.0 Å². The van der Waals surface area contributed by atoms with Crippen LogP contribution in [0.4, 0.5) is 0 Å². The van der Waals surface area contributed by atoms with Crippen LogP contribution in [0.15, 0.2) is 0 Å². The first-order chi connectivity index (χ1) is 4.90. The maximum Gasteiger partial charge on any atom is 3.00 e. The predicted octanol–water partition coefficient (Wildman–Crippen LogP) is -10.0. The molecule has 14 heavy (non-hydrogen) atoms. The van der Waals surface area contributed by atoms with Crippen molar-refractivity contribution < 1.29 is 54.0 Å². The molecule has 4 nitrogen and oxygen atoms in total. The molecule has 0 aromatic heterocycles. The van der Waals surface area contributed by atoms with Crippen molar-refractivity contribution in [1.82, 2.24) is 19.6 Å². The first kappa shape index (κ1) is 17.6. The van der Waals surface area contributed by atoms with Crippen LogP contribution in [-0.2, 0) is 16.8 Å². The van der Waals surface area contributed by atoms with Crippen molar-refractivity contribution in [1.29, 1.82) is 0 Å². The molecule has 4 aliphatic heterocycles. The molecular formula is C6H12Cl3CoN4. The fourth-order valence-corrected chi connectivity index (χ4v) is 2.23. The standard InChI is InChI=1S/C6H12N4.3ClH.Co/c1-7-2-9-4-8(1)5-10(3-7)6-9;;;;/h1-6H2;3*1H;/q;;;;+3/p-3. The molecule has 4 saturated heterocycles. The Kier molecular flexibility index (Phi) is 8.46. The molecule has 0 N–H and O–H groups in total. The zero-order valence-corrected chi connectivity index (χ0v) is 10.8. The second-order valence-electron chi connectivity index (χ2n) is 3.53. The van der Waals surface area contributed by atoms with Crippen LogP contribution in [0.2, 0.25) is 0 Å². The van der Waals surface area contributed by atoms with E-state index in [2.05, 4.69) is 19.6 Å². The molecule has 4 aliphatic rings. The van der Waals surface area contributed by atoms with Gasteiger partial charge in [0.05, 0.1) is 40.0 Å². The average Bonchev–Trinajstić information content (AvgIpc) is 1.82. The molecule has 4 fully saturated rings. The second kappa shape index (κ2) is 6.72. The predicted molar refractivity (Wildman–Crippen MR) is 36.6 cm³/mol. The Morgan fingerprint density at radius 1 is 0.429 bits per heavy atom. The number of hydrogen-bond donors (Lipinski definition) is 0. The van der Waals surface area contributed by atoms with Gasteiger partial charge in [-0.1, -0.05) is 0 Å². The fourth-order valence-electron chi connectivity index (χ4n) is 2.23. The van der Waals surface area contributed by atoms with Gasteiger partial charge in [-0.2, -0.15) is 0 Å². The van der Waals surface area contributed by atoms with E-state index in [1.807, 2.05) is 0 Å². The van der Waals surface area contributed by atoms with Crippen LogP contribution in [0.1, 0.15) is 0 Å². The molecule has 0 aromatic rings. The monoisotopic (exact) mass is 304 g/mol. The average molecular weight is 305 g/mol. The Morgan fingerprint density at radius 2 is 0.571 bits per heavy atom. The smallest absolute Gasteiger partial charge is 1.00 e. The minimum atomic E-state index is 0. The van der Waals surface area contributed by atoms with E-state index in [9.17, 15) is 0 Å². The van der Waals surface area contributed by atoms with Crippen LogP contribution >= 0.6 is 0 Å². The third-order valence-corrected chi connectivity index (χ3v) is 2.40. The summed E-state index contributed by atoms with van der Waals surface area (Å²) in [6.45, 7) is 7.12. The van der Waals surface area contributed by atoms with Gasteiger partial charge >= 0.3 is 16.8 Å². The van der Waals surface area contributed by atoms with E-state index in [-0.39, 0.29) is 54.0 Å². The summed E-state index contributed by atoms with van der Waals surface area (Å²) in [7, 11) is 0. The van der Waals surface area contributed by atoms with Crippen molar-refractivity contribution >= 4 is 0 Å². The molecule has 0 radical (unpaired) electrons. The molecule has 0 spiro atoms. The third-order valence-electron chi connectivity index (χ3n) is 2.40. The molecule has 8 heteroatoms. The van der Waals surface area contributed by atoms with Gasteiger partial charge in [0, 0.05) is 0 Å². The third kappa shape index (κ3) is 3.10. The second-order valence-corrected chi connectivity index (χ2v) is 3.53. The van der Waals surface area contributed by atoms with Crippen LogP contribution in [0.25, 0.3) is 0 Å². The van der Waals surface area contributed by atoms with E-state index in [4.69, 9.17) is 0 Å². The summed E-state index contributed by atoms with van der Waals surface area (Å²) in [6, 6.07) is 0. The normalized spacial score (nSPS) is 41.1. The van der Waals surface area contributed by atoms with E-state index in [0.717, 1.165) is 0 Å². The fraction of sp³-hybridized carbons (Fsp3) is 1.00. The zero-order valence-electron chi connectivity index (χ0n) is 7.50. The van der Waals surface area contributed by atoms with Crippen LogP contribution in [0.5, 0.6) is 0 Å². The molecule has 0 unspecified atom stereocenters. The summed E-state index contributed by atoms with van der Waals surface area (Å²) in [4.78, 5) is 9.88. The van der Waals surface area contributed by atoms with Gasteiger partial charge in [0.1, 0.15) is 0 Å². The molecule has 86 valence electrons. The number of rotatable bonds is 0. The molecule has 0 aliphatic carbocycles. The van der Waals surface area contributed by atoms with E-state index >= 15 is 0 Å². The van der Waals surface area contributed by atoms with E-state index in [1.54, 1.807) is 0 Å². The van der Waals surface area contributed by atoms with Crippen LogP contribution in [0, 0.1) is 0 Å². The van der Waals surface area contributed by atoms with Crippen molar-refractivity contribution in [2.45, 2.75) is 0 Å². The van der Waals surface area contributed by atoms with Gasteiger partial charge in [0.15, 0.2) is 0 Å². The SMILES string of the molecule is C1N2CN3CN1CN(C2)C3.[Cl-].[Cl-].[Cl-].[Co+3]. The molecule has 4 rings (SSSR count). The molecular weight excluding hydrogens is 293 g/mol. The first-order valence-corrected chi connectivity index (χ1v) is 3.79. The molecule has 4 heterocycles. The Bertz CT molecular complexity index is 117. The van der Waals surface area contributed by atoms with E-state index in [0.29, 0.717) is 0 Å². The van der Waals surface area contributed by atoms with Gasteiger partial charge in [-0.3, -0.25) is 19.6 Å². The molecule has 0 saturated carbocycles. The van der Waals surface area contributed by atoms with E-state index in [1.165, 1.54) is 40.0 Å². The Balaban J connectivity index is 0. The summed E-state index contributed by atoms with van der Waals surface area (Å²) < 4.78 is 0. The van der Waals surface area contributed by atoms with Crippen molar-refractivity contribution in [2.75, 3.05) is 40.0 Å².